The monoisotopic (exact) mass is 260 g/mol. The molecule has 10 heteroatoms. The Kier molecular flexibility index (Phi) is 7.30. The third-order valence-corrected chi connectivity index (χ3v) is 0. The molecule has 0 aliphatic rings. The Morgan fingerprint density at radius 1 is 0.500 bits per heavy atom. The standard InChI is InChI=1S/3ClH.Co.6H2N/h3*1H;;6*1H2/q;;;+9;6*-1/p-3. The zero-order valence-electron chi connectivity index (χ0n) is 4.93. The summed E-state index contributed by atoms with van der Waals surface area (Å²) in [6, 6.07) is 0. The van der Waals surface area contributed by atoms with Gasteiger partial charge in [0.15, 0.2) is 0 Å². The molecule has 12 N–H and O–H groups in total. The molecule has 6 nitrogen and oxygen atoms in total. The molecule has 0 bridgehead atoms. The molecule has 0 saturated heterocycles. The van der Waals surface area contributed by atoms with E-state index in [-0.39, 0.29) is 37.2 Å². The van der Waals surface area contributed by atoms with Crippen LogP contribution in [0, 0.1) is 0 Å². The fraction of sp³-hybridized carbons (Fsp3) is 0. The summed E-state index contributed by atoms with van der Waals surface area (Å²) >= 11 is -4.65. The molecule has 0 spiro atoms. The first kappa shape index (κ1) is 22.5. The van der Waals surface area contributed by atoms with E-state index in [4.69, 9.17) is 28.7 Å². The number of nitrogens with two attached hydrogens (primary N) is 6. The first-order valence-corrected chi connectivity index (χ1v) is 4.76. The molecule has 0 aliphatic heterocycles. The predicted molar refractivity (Wildman–Crippen MR) is 25.1 cm³/mol. The predicted octanol–water partition coefficient (Wildman–Crippen LogP) is -12.5. The maximum absolute atomic E-state index is 4.86. The van der Waals surface area contributed by atoms with Crippen molar-refractivity contribution in [3.8, 4) is 0 Å². The molecule has 0 fully saturated rings. The Bertz CT molecular complexity index is 71.6. The first-order valence-electron chi connectivity index (χ1n) is 1.15. The van der Waals surface area contributed by atoms with Crippen LogP contribution in [0.2, 0.25) is 0 Å². The topological polar surface area (TPSA) is 156 Å². The zero-order valence-corrected chi connectivity index (χ0v) is 8.24. The van der Waals surface area contributed by atoms with Crippen LogP contribution >= 0.6 is 0 Å². The van der Waals surface area contributed by atoms with E-state index in [1.165, 1.54) is 0 Å². The molecule has 0 aliphatic carbocycles. The Labute approximate surface area is 77.8 Å². The molecule has 0 radical (unpaired) electrons. The fourth-order valence-electron chi connectivity index (χ4n) is 0. The van der Waals surface area contributed by atoms with Crippen molar-refractivity contribution in [2.24, 2.45) is 28.7 Å². The molecule has 72 valence electrons. The van der Waals surface area contributed by atoms with E-state index in [9.17, 15) is 0 Å². The van der Waals surface area contributed by atoms with Crippen molar-refractivity contribution >= 4 is 0 Å². The molecule has 0 unspecified atom stereocenters. The van der Waals surface area contributed by atoms with Crippen LogP contribution in [-0.2, 0) is 11.8 Å². The average Bonchev–Trinajstić information content (AvgIpc) is 0.592. The zero-order chi connectivity index (χ0) is 6.41. The molecule has 0 aromatic rings. The minimum absolute atomic E-state index is 0. The van der Waals surface area contributed by atoms with E-state index in [0.29, 0.717) is 0 Å². The van der Waals surface area contributed by atoms with Gasteiger partial charge in [0, 0.05) is 0 Å². The SMILES string of the molecule is [Cl-].[Cl-].[Cl-].[NH2][Co+3]([NH2])([NH2])([NH2])([NH2])[NH2]. The van der Waals surface area contributed by atoms with Crippen molar-refractivity contribution in [1.82, 2.24) is 0 Å². The Hall–Kier alpha value is 1.14. The van der Waals surface area contributed by atoms with Crippen molar-refractivity contribution < 1.29 is 49.0 Å². The van der Waals surface area contributed by atoms with Gasteiger partial charge in [-0.1, -0.05) is 0 Å². The molecular formula is H12Cl3CoN6. The number of hydrogen-bond donors (Lipinski definition) is 6. The average molecular weight is 261 g/mol. The number of rotatable bonds is 0. The van der Waals surface area contributed by atoms with Crippen molar-refractivity contribution in [2.75, 3.05) is 0 Å². The van der Waals surface area contributed by atoms with Gasteiger partial charge in [-0.25, -0.2) is 0 Å². The van der Waals surface area contributed by atoms with Gasteiger partial charge in [-0.2, -0.15) is 0 Å². The number of hydrogen-bond acceptors (Lipinski definition) is 6. The molecule has 10 heavy (non-hydrogen) atoms. The molecule has 0 heterocycles. The van der Waals surface area contributed by atoms with Gasteiger partial charge in [-0.15, -0.1) is 0 Å². The normalized spacial score (nSPS) is 16.2. The quantitative estimate of drug-likeness (QED) is 0.254. The Balaban J connectivity index is -0.0000000600. The van der Waals surface area contributed by atoms with E-state index < -0.39 is 11.8 Å². The Morgan fingerprint density at radius 2 is 0.500 bits per heavy atom. The van der Waals surface area contributed by atoms with Gasteiger partial charge in [-0.3, -0.25) is 0 Å². The van der Waals surface area contributed by atoms with E-state index in [1.54, 1.807) is 0 Å². The van der Waals surface area contributed by atoms with Crippen molar-refractivity contribution in [3.05, 3.63) is 0 Å². The van der Waals surface area contributed by atoms with Crippen molar-refractivity contribution in [3.63, 3.8) is 0 Å². The van der Waals surface area contributed by atoms with Gasteiger partial charge in [0.05, 0.1) is 0 Å². The second-order valence-electron chi connectivity index (χ2n) is 1.67. The summed E-state index contributed by atoms with van der Waals surface area (Å²) < 4.78 is 0. The summed E-state index contributed by atoms with van der Waals surface area (Å²) in [6.07, 6.45) is 0. The van der Waals surface area contributed by atoms with Crippen LogP contribution in [0.15, 0.2) is 0 Å². The molecule has 0 amide bonds. The van der Waals surface area contributed by atoms with Crippen molar-refractivity contribution in [2.45, 2.75) is 0 Å². The van der Waals surface area contributed by atoms with E-state index >= 15 is 0 Å². The van der Waals surface area contributed by atoms with Gasteiger partial charge in [0.1, 0.15) is 0 Å². The van der Waals surface area contributed by atoms with Crippen LogP contribution in [-0.4, -0.2) is 0 Å². The third-order valence-electron chi connectivity index (χ3n) is 0. The summed E-state index contributed by atoms with van der Waals surface area (Å²) in [6.45, 7) is 0. The van der Waals surface area contributed by atoms with Crippen molar-refractivity contribution in [1.29, 1.82) is 0 Å². The van der Waals surface area contributed by atoms with E-state index in [0.717, 1.165) is 0 Å². The minimum atomic E-state index is -4.65. The van der Waals surface area contributed by atoms with Gasteiger partial charge in [0.25, 0.3) is 0 Å². The second-order valence-corrected chi connectivity index (χ2v) is 6.87. The first-order chi connectivity index (χ1) is 2.45. The molecule has 0 saturated carbocycles. The molecule has 0 aromatic heterocycles. The summed E-state index contributed by atoms with van der Waals surface area (Å²) in [5.74, 6) is 0. The van der Waals surface area contributed by atoms with Gasteiger partial charge >= 0.3 is 40.5 Å². The van der Waals surface area contributed by atoms with Gasteiger partial charge in [0.2, 0.25) is 0 Å². The van der Waals surface area contributed by atoms with Crippen LogP contribution in [0.1, 0.15) is 0 Å². The summed E-state index contributed by atoms with van der Waals surface area (Å²) in [5.41, 5.74) is 0. The maximum atomic E-state index is 4.86. The molecule has 0 aromatic carbocycles. The van der Waals surface area contributed by atoms with Crippen LogP contribution in [0.3, 0.4) is 0 Å². The number of halogens is 3. The summed E-state index contributed by atoms with van der Waals surface area (Å²) in [4.78, 5) is 29.2. The van der Waals surface area contributed by atoms with Crippen LogP contribution in [0.4, 0.5) is 0 Å². The Morgan fingerprint density at radius 3 is 0.500 bits per heavy atom. The summed E-state index contributed by atoms with van der Waals surface area (Å²) in [7, 11) is 0. The molecular weight excluding hydrogens is 249 g/mol. The van der Waals surface area contributed by atoms with Crippen LogP contribution in [0.5, 0.6) is 0 Å². The van der Waals surface area contributed by atoms with E-state index in [1.807, 2.05) is 0 Å². The molecule has 0 atom stereocenters. The summed E-state index contributed by atoms with van der Waals surface area (Å²) in [5, 5.41) is 0. The third kappa shape index (κ3) is 468. The molecule has 0 rings (SSSR count). The van der Waals surface area contributed by atoms with Gasteiger partial charge in [-0.05, 0) is 0 Å². The van der Waals surface area contributed by atoms with E-state index in [2.05, 4.69) is 0 Å². The van der Waals surface area contributed by atoms with Crippen LogP contribution in [0.25, 0.3) is 0 Å². The second kappa shape index (κ2) is 3.25. The van der Waals surface area contributed by atoms with Crippen LogP contribution < -0.4 is 65.9 Å². The van der Waals surface area contributed by atoms with Gasteiger partial charge < -0.3 is 37.2 Å². The fourth-order valence-corrected chi connectivity index (χ4v) is 0.